The van der Waals surface area contributed by atoms with E-state index in [0.29, 0.717) is 6.54 Å². The summed E-state index contributed by atoms with van der Waals surface area (Å²) in [7, 11) is 0. The summed E-state index contributed by atoms with van der Waals surface area (Å²) < 4.78 is 5.67. The highest BCUT2D eigenvalue weighted by molar-refractivity contribution is 5.74. The zero-order valence-corrected chi connectivity index (χ0v) is 14.5. The maximum atomic E-state index is 12.2. The Balaban J connectivity index is 1.88. The van der Waals surface area contributed by atoms with Crippen LogP contribution in [0.15, 0.2) is 48.8 Å². The van der Waals surface area contributed by atoms with Gasteiger partial charge in [-0.3, -0.25) is 4.98 Å². The molecule has 1 heterocycles. The Kier molecular flexibility index (Phi) is 6.61. The van der Waals surface area contributed by atoms with E-state index in [-0.39, 0.29) is 18.2 Å². The molecule has 1 aromatic heterocycles. The van der Waals surface area contributed by atoms with Gasteiger partial charge in [0.1, 0.15) is 5.75 Å². The fraction of sp³-hybridized carbons (Fsp3) is 0.368. The topological polar surface area (TPSA) is 63.2 Å². The molecule has 0 fully saturated rings. The normalized spacial score (nSPS) is 11.8. The lowest BCUT2D eigenvalue weighted by Gasteiger charge is -2.18. The highest BCUT2D eigenvalue weighted by atomic mass is 16.5. The Hall–Kier alpha value is -2.56. The minimum atomic E-state index is -0.186. The van der Waals surface area contributed by atoms with Crippen molar-refractivity contribution in [1.82, 2.24) is 15.6 Å². The number of urea groups is 1. The van der Waals surface area contributed by atoms with Crippen molar-refractivity contribution in [2.45, 2.75) is 45.9 Å². The number of nitrogens with one attached hydrogen (secondary N) is 2. The highest BCUT2D eigenvalue weighted by Gasteiger charge is 2.12. The lowest BCUT2D eigenvalue weighted by atomic mass is 10.1. The third-order valence-corrected chi connectivity index (χ3v) is 3.55. The van der Waals surface area contributed by atoms with Crippen LogP contribution in [0.2, 0.25) is 0 Å². The van der Waals surface area contributed by atoms with Gasteiger partial charge < -0.3 is 15.4 Å². The molecule has 1 aromatic carbocycles. The molecular formula is C19H25N3O2. The van der Waals surface area contributed by atoms with E-state index in [4.69, 9.17) is 4.74 Å². The van der Waals surface area contributed by atoms with Gasteiger partial charge in [-0.05, 0) is 55.7 Å². The number of hydrogen-bond acceptors (Lipinski definition) is 3. The van der Waals surface area contributed by atoms with Crippen molar-refractivity contribution >= 4 is 6.03 Å². The number of hydrogen-bond donors (Lipinski definition) is 2. The molecule has 0 spiro atoms. The van der Waals surface area contributed by atoms with Gasteiger partial charge in [0, 0.05) is 18.9 Å². The highest BCUT2D eigenvalue weighted by Crippen LogP contribution is 2.16. The van der Waals surface area contributed by atoms with Crippen LogP contribution >= 0.6 is 0 Å². The van der Waals surface area contributed by atoms with Gasteiger partial charge in [-0.2, -0.15) is 0 Å². The van der Waals surface area contributed by atoms with Gasteiger partial charge in [0.15, 0.2) is 0 Å². The average Bonchev–Trinajstić information content (AvgIpc) is 2.58. The summed E-state index contributed by atoms with van der Waals surface area (Å²) in [4.78, 5) is 16.2. The van der Waals surface area contributed by atoms with Crippen LogP contribution in [0.5, 0.6) is 5.75 Å². The standard InChI is InChI=1S/C19H25N3O2/c1-4-18(16-8-10-20-11-9-16)22-19(23)21-13-15-6-5-7-17(12-15)24-14(2)3/h5-12,14,18H,4,13H2,1-3H3,(H2,21,22,23)/t18-/m1/s1. The first-order chi connectivity index (χ1) is 11.6. The lowest BCUT2D eigenvalue weighted by Crippen LogP contribution is -2.37. The smallest absolute Gasteiger partial charge is 0.315 e. The molecule has 24 heavy (non-hydrogen) atoms. The van der Waals surface area contributed by atoms with E-state index in [0.717, 1.165) is 23.3 Å². The predicted molar refractivity (Wildman–Crippen MR) is 94.8 cm³/mol. The third kappa shape index (κ3) is 5.57. The molecule has 5 heteroatoms. The quantitative estimate of drug-likeness (QED) is 0.812. The Morgan fingerprint density at radius 2 is 1.96 bits per heavy atom. The van der Waals surface area contributed by atoms with E-state index < -0.39 is 0 Å². The van der Waals surface area contributed by atoms with Crippen molar-refractivity contribution in [2.75, 3.05) is 0 Å². The number of pyridine rings is 1. The van der Waals surface area contributed by atoms with Crippen LogP contribution in [-0.4, -0.2) is 17.1 Å². The van der Waals surface area contributed by atoms with Gasteiger partial charge in [0.25, 0.3) is 0 Å². The van der Waals surface area contributed by atoms with Crippen LogP contribution in [0.25, 0.3) is 0 Å². The summed E-state index contributed by atoms with van der Waals surface area (Å²) in [6.45, 7) is 6.47. The van der Waals surface area contributed by atoms with Gasteiger partial charge in [0.2, 0.25) is 0 Å². The van der Waals surface area contributed by atoms with Crippen LogP contribution in [0.4, 0.5) is 4.79 Å². The maximum absolute atomic E-state index is 12.2. The first-order valence-electron chi connectivity index (χ1n) is 8.28. The van der Waals surface area contributed by atoms with Crippen molar-refractivity contribution in [3.8, 4) is 5.75 Å². The van der Waals surface area contributed by atoms with Gasteiger partial charge in [-0.1, -0.05) is 19.1 Å². The molecular weight excluding hydrogens is 302 g/mol. The van der Waals surface area contributed by atoms with Gasteiger partial charge >= 0.3 is 6.03 Å². The van der Waals surface area contributed by atoms with Gasteiger partial charge in [-0.25, -0.2) is 4.79 Å². The molecule has 0 bridgehead atoms. The third-order valence-electron chi connectivity index (χ3n) is 3.55. The number of carbonyl (C=O) groups excluding carboxylic acids is 1. The van der Waals surface area contributed by atoms with Crippen molar-refractivity contribution in [3.63, 3.8) is 0 Å². The first kappa shape index (κ1) is 17.8. The van der Waals surface area contributed by atoms with E-state index >= 15 is 0 Å². The van der Waals surface area contributed by atoms with Gasteiger partial charge in [-0.15, -0.1) is 0 Å². The molecule has 128 valence electrons. The van der Waals surface area contributed by atoms with E-state index in [2.05, 4.69) is 15.6 Å². The molecule has 5 nitrogen and oxygen atoms in total. The second kappa shape index (κ2) is 8.91. The summed E-state index contributed by atoms with van der Waals surface area (Å²) in [6, 6.07) is 11.4. The number of carbonyl (C=O) groups is 1. The Labute approximate surface area is 143 Å². The fourth-order valence-corrected chi connectivity index (χ4v) is 2.41. The maximum Gasteiger partial charge on any atom is 0.315 e. The van der Waals surface area contributed by atoms with Crippen molar-refractivity contribution < 1.29 is 9.53 Å². The van der Waals surface area contributed by atoms with Crippen molar-refractivity contribution in [2.24, 2.45) is 0 Å². The van der Waals surface area contributed by atoms with Crippen LogP contribution in [-0.2, 0) is 6.54 Å². The Morgan fingerprint density at radius 3 is 2.62 bits per heavy atom. The SMILES string of the molecule is CC[C@@H](NC(=O)NCc1cccc(OC(C)C)c1)c1ccncc1. The number of aromatic nitrogens is 1. The molecule has 0 aliphatic heterocycles. The summed E-state index contributed by atoms with van der Waals surface area (Å²) in [5.41, 5.74) is 2.05. The molecule has 2 rings (SSSR count). The van der Waals surface area contributed by atoms with E-state index in [1.165, 1.54) is 0 Å². The minimum absolute atomic E-state index is 0.0244. The Morgan fingerprint density at radius 1 is 1.21 bits per heavy atom. The zero-order chi connectivity index (χ0) is 17.4. The van der Waals surface area contributed by atoms with Gasteiger partial charge in [0.05, 0.1) is 12.1 Å². The zero-order valence-electron chi connectivity index (χ0n) is 14.5. The van der Waals surface area contributed by atoms with Crippen LogP contribution in [0, 0.1) is 0 Å². The lowest BCUT2D eigenvalue weighted by molar-refractivity contribution is 0.235. The number of amides is 2. The number of rotatable bonds is 7. The molecule has 2 aromatic rings. The molecule has 2 N–H and O–H groups in total. The molecule has 1 atom stereocenters. The molecule has 2 amide bonds. The molecule has 0 aliphatic carbocycles. The van der Waals surface area contributed by atoms with Crippen LogP contribution in [0.3, 0.4) is 0 Å². The number of ether oxygens (including phenoxy) is 1. The molecule has 0 saturated carbocycles. The molecule has 0 unspecified atom stereocenters. The molecule has 0 radical (unpaired) electrons. The summed E-state index contributed by atoms with van der Waals surface area (Å²) in [5.74, 6) is 0.813. The second-order valence-corrected chi connectivity index (χ2v) is 5.88. The number of nitrogens with zero attached hydrogens (tertiary/aromatic N) is 1. The Bertz CT molecular complexity index is 644. The van der Waals surface area contributed by atoms with Crippen molar-refractivity contribution in [3.05, 3.63) is 59.9 Å². The average molecular weight is 327 g/mol. The van der Waals surface area contributed by atoms with E-state index in [1.54, 1.807) is 12.4 Å². The van der Waals surface area contributed by atoms with Crippen molar-refractivity contribution in [1.29, 1.82) is 0 Å². The number of benzene rings is 1. The molecule has 0 saturated heterocycles. The monoisotopic (exact) mass is 327 g/mol. The van der Waals surface area contributed by atoms with E-state index in [1.807, 2.05) is 57.2 Å². The largest absolute Gasteiger partial charge is 0.491 e. The fourth-order valence-electron chi connectivity index (χ4n) is 2.41. The second-order valence-electron chi connectivity index (χ2n) is 5.88. The van der Waals surface area contributed by atoms with Crippen LogP contribution in [0.1, 0.15) is 44.4 Å². The first-order valence-corrected chi connectivity index (χ1v) is 8.28. The predicted octanol–water partition coefficient (Wildman–Crippen LogP) is 3.82. The minimum Gasteiger partial charge on any atom is -0.491 e. The summed E-state index contributed by atoms with van der Waals surface area (Å²) in [6.07, 6.45) is 4.41. The summed E-state index contributed by atoms with van der Waals surface area (Å²) in [5, 5.41) is 5.88. The summed E-state index contributed by atoms with van der Waals surface area (Å²) >= 11 is 0. The molecule has 0 aliphatic rings. The van der Waals surface area contributed by atoms with Crippen LogP contribution < -0.4 is 15.4 Å². The van der Waals surface area contributed by atoms with E-state index in [9.17, 15) is 4.79 Å².